The number of amides is 1. The smallest absolute Gasteiger partial charge is 0.273 e. The molecule has 0 radical (unpaired) electrons. The summed E-state index contributed by atoms with van der Waals surface area (Å²) in [4.78, 5) is 12.8. The molecule has 0 saturated carbocycles. The standard InChI is InChI=1S/C27H24IN3O3/c1-2-33-25-17-21(16-23(28)26(25)34-19-20-10-4-3-5-11-20)18-29-30-27(32)22-12-6-7-13-24(22)31-14-8-9-15-31/h3-18H,2,19H2,1H3,(H,30,32)/b29-18-. The number of hydrogen-bond acceptors (Lipinski definition) is 4. The van der Waals surface area contributed by atoms with Gasteiger partial charge in [0.05, 0.1) is 27.6 Å². The van der Waals surface area contributed by atoms with Crippen LogP contribution in [-0.2, 0) is 6.61 Å². The second kappa shape index (κ2) is 11.5. The number of carbonyl (C=O) groups is 1. The molecule has 1 aromatic heterocycles. The number of nitrogens with one attached hydrogen (secondary N) is 1. The molecule has 0 saturated heterocycles. The van der Waals surface area contributed by atoms with E-state index in [2.05, 4.69) is 33.1 Å². The molecule has 1 heterocycles. The molecule has 7 heteroatoms. The Morgan fingerprint density at radius 1 is 1.00 bits per heavy atom. The molecule has 1 amide bonds. The molecule has 0 spiro atoms. The number of rotatable bonds is 9. The SMILES string of the molecule is CCOc1cc(/C=N\NC(=O)c2ccccc2-n2cccc2)cc(I)c1OCc1ccccc1. The number of aromatic nitrogens is 1. The second-order valence-corrected chi connectivity index (χ2v) is 8.51. The van der Waals surface area contributed by atoms with Crippen molar-refractivity contribution in [3.63, 3.8) is 0 Å². The van der Waals surface area contributed by atoms with Gasteiger partial charge in [-0.2, -0.15) is 5.10 Å². The molecular formula is C27H24IN3O3. The highest BCUT2D eigenvalue weighted by Gasteiger charge is 2.13. The maximum absolute atomic E-state index is 12.8. The quantitative estimate of drug-likeness (QED) is 0.158. The number of hydrogen-bond donors (Lipinski definition) is 1. The van der Waals surface area contributed by atoms with Crippen molar-refractivity contribution in [2.24, 2.45) is 5.10 Å². The summed E-state index contributed by atoms with van der Waals surface area (Å²) >= 11 is 2.22. The lowest BCUT2D eigenvalue weighted by atomic mass is 10.1. The molecule has 0 aliphatic rings. The van der Waals surface area contributed by atoms with Crippen molar-refractivity contribution in [2.75, 3.05) is 6.61 Å². The average molecular weight is 565 g/mol. The Bertz CT molecular complexity index is 1270. The van der Waals surface area contributed by atoms with Crippen molar-refractivity contribution >= 4 is 34.7 Å². The summed E-state index contributed by atoms with van der Waals surface area (Å²) in [6, 6.07) is 25.0. The van der Waals surface area contributed by atoms with Crippen molar-refractivity contribution in [1.82, 2.24) is 9.99 Å². The molecule has 0 bridgehead atoms. The van der Waals surface area contributed by atoms with Gasteiger partial charge in [-0.05, 0) is 77.0 Å². The Morgan fingerprint density at radius 2 is 1.74 bits per heavy atom. The van der Waals surface area contributed by atoms with Crippen LogP contribution in [0.2, 0.25) is 0 Å². The van der Waals surface area contributed by atoms with Crippen LogP contribution in [0.4, 0.5) is 0 Å². The highest BCUT2D eigenvalue weighted by Crippen LogP contribution is 2.34. The summed E-state index contributed by atoms with van der Waals surface area (Å²) in [6.45, 7) is 2.88. The number of nitrogens with zero attached hydrogens (tertiary/aromatic N) is 2. The van der Waals surface area contributed by atoms with Crippen LogP contribution in [0.3, 0.4) is 0 Å². The molecule has 0 aliphatic carbocycles. The van der Waals surface area contributed by atoms with Gasteiger partial charge in [0.15, 0.2) is 11.5 Å². The zero-order valence-electron chi connectivity index (χ0n) is 18.6. The number of benzene rings is 3. The van der Waals surface area contributed by atoms with E-state index in [1.807, 2.05) is 96.7 Å². The third-order valence-corrected chi connectivity index (χ3v) is 5.77. The molecule has 34 heavy (non-hydrogen) atoms. The topological polar surface area (TPSA) is 64.8 Å². The normalized spacial score (nSPS) is 10.9. The van der Waals surface area contributed by atoms with E-state index in [0.717, 1.165) is 20.4 Å². The van der Waals surface area contributed by atoms with Crippen molar-refractivity contribution in [3.8, 4) is 17.2 Å². The first kappa shape index (κ1) is 23.6. The molecule has 4 rings (SSSR count). The van der Waals surface area contributed by atoms with E-state index in [4.69, 9.17) is 9.47 Å². The maximum Gasteiger partial charge on any atom is 0.273 e. The van der Waals surface area contributed by atoms with Gasteiger partial charge >= 0.3 is 0 Å². The number of hydrazone groups is 1. The van der Waals surface area contributed by atoms with Crippen LogP contribution in [0.25, 0.3) is 5.69 Å². The largest absolute Gasteiger partial charge is 0.490 e. The Kier molecular flexibility index (Phi) is 7.98. The fourth-order valence-electron chi connectivity index (χ4n) is 3.41. The second-order valence-electron chi connectivity index (χ2n) is 7.34. The van der Waals surface area contributed by atoms with Crippen molar-refractivity contribution in [2.45, 2.75) is 13.5 Å². The summed E-state index contributed by atoms with van der Waals surface area (Å²) in [5, 5.41) is 4.17. The Hall–Kier alpha value is -3.59. The fraction of sp³-hybridized carbons (Fsp3) is 0.111. The van der Waals surface area contributed by atoms with E-state index in [9.17, 15) is 4.79 Å². The van der Waals surface area contributed by atoms with Crippen LogP contribution >= 0.6 is 22.6 Å². The first-order valence-corrected chi connectivity index (χ1v) is 11.9. The van der Waals surface area contributed by atoms with Gasteiger partial charge in [-0.15, -0.1) is 0 Å². The highest BCUT2D eigenvalue weighted by molar-refractivity contribution is 14.1. The lowest BCUT2D eigenvalue weighted by Gasteiger charge is -2.14. The van der Waals surface area contributed by atoms with E-state index in [0.29, 0.717) is 30.3 Å². The number of carbonyl (C=O) groups excluding carboxylic acids is 1. The van der Waals surface area contributed by atoms with Gasteiger partial charge in [-0.3, -0.25) is 4.79 Å². The molecule has 0 fully saturated rings. The molecule has 3 aromatic carbocycles. The zero-order valence-corrected chi connectivity index (χ0v) is 20.8. The van der Waals surface area contributed by atoms with Crippen LogP contribution in [-0.4, -0.2) is 23.3 Å². The van der Waals surface area contributed by atoms with Crippen molar-refractivity contribution in [3.05, 3.63) is 112 Å². The predicted octanol–water partition coefficient (Wildman–Crippen LogP) is 5.82. The third-order valence-electron chi connectivity index (χ3n) is 4.97. The molecule has 1 N–H and O–H groups in total. The molecule has 4 aromatic rings. The van der Waals surface area contributed by atoms with Gasteiger partial charge in [0.1, 0.15) is 6.61 Å². The van der Waals surface area contributed by atoms with Gasteiger partial charge in [0.2, 0.25) is 0 Å². The van der Waals surface area contributed by atoms with Crippen LogP contribution < -0.4 is 14.9 Å². The minimum absolute atomic E-state index is 0.289. The molecule has 6 nitrogen and oxygen atoms in total. The third kappa shape index (κ3) is 5.85. The molecule has 0 aliphatic heterocycles. The van der Waals surface area contributed by atoms with E-state index in [1.54, 1.807) is 12.3 Å². The first-order valence-electron chi connectivity index (χ1n) is 10.8. The monoisotopic (exact) mass is 565 g/mol. The van der Waals surface area contributed by atoms with Gasteiger partial charge in [-0.25, -0.2) is 5.43 Å². The van der Waals surface area contributed by atoms with E-state index in [1.165, 1.54) is 0 Å². The number of ether oxygens (including phenoxy) is 2. The summed E-state index contributed by atoms with van der Waals surface area (Å²) < 4.78 is 14.7. The maximum atomic E-state index is 12.8. The Labute approximate surface area is 212 Å². The molecular weight excluding hydrogens is 541 g/mol. The van der Waals surface area contributed by atoms with Crippen LogP contribution in [0.5, 0.6) is 11.5 Å². The summed E-state index contributed by atoms with van der Waals surface area (Å²) in [7, 11) is 0. The molecule has 172 valence electrons. The molecule has 0 unspecified atom stereocenters. The van der Waals surface area contributed by atoms with Gasteiger partial charge < -0.3 is 14.0 Å². The number of para-hydroxylation sites is 1. The van der Waals surface area contributed by atoms with Gasteiger partial charge in [0.25, 0.3) is 5.91 Å². The lowest BCUT2D eigenvalue weighted by molar-refractivity contribution is 0.0955. The van der Waals surface area contributed by atoms with Gasteiger partial charge in [0, 0.05) is 12.4 Å². The summed E-state index contributed by atoms with van der Waals surface area (Å²) in [5.74, 6) is 1.03. The van der Waals surface area contributed by atoms with Crippen LogP contribution in [0.15, 0.2) is 96.4 Å². The van der Waals surface area contributed by atoms with Crippen LogP contribution in [0.1, 0.15) is 28.4 Å². The molecule has 0 atom stereocenters. The van der Waals surface area contributed by atoms with Gasteiger partial charge in [-0.1, -0.05) is 42.5 Å². The van der Waals surface area contributed by atoms with E-state index >= 15 is 0 Å². The Balaban J connectivity index is 1.48. The summed E-state index contributed by atoms with van der Waals surface area (Å²) in [5.41, 5.74) is 5.81. The van der Waals surface area contributed by atoms with Crippen LogP contribution in [0, 0.1) is 3.57 Å². The summed E-state index contributed by atoms with van der Waals surface area (Å²) in [6.07, 6.45) is 5.39. The van der Waals surface area contributed by atoms with E-state index < -0.39 is 0 Å². The fourth-order valence-corrected chi connectivity index (χ4v) is 4.19. The average Bonchev–Trinajstić information content (AvgIpc) is 3.39. The highest BCUT2D eigenvalue weighted by atomic mass is 127. The minimum Gasteiger partial charge on any atom is -0.490 e. The number of halogens is 1. The predicted molar refractivity (Wildman–Crippen MR) is 142 cm³/mol. The lowest BCUT2D eigenvalue weighted by Crippen LogP contribution is -2.19. The van der Waals surface area contributed by atoms with Crippen molar-refractivity contribution < 1.29 is 14.3 Å². The van der Waals surface area contributed by atoms with Crippen molar-refractivity contribution in [1.29, 1.82) is 0 Å². The van der Waals surface area contributed by atoms with E-state index in [-0.39, 0.29) is 5.91 Å². The first-order chi connectivity index (χ1) is 16.7. The Morgan fingerprint density at radius 3 is 2.50 bits per heavy atom. The zero-order chi connectivity index (χ0) is 23.8. The minimum atomic E-state index is -0.289.